The van der Waals surface area contributed by atoms with Gasteiger partial charge in [0.05, 0.1) is 11.6 Å². The second-order valence-corrected chi connectivity index (χ2v) is 7.79. The number of hydrogen-bond donors (Lipinski definition) is 1. The van der Waals surface area contributed by atoms with Gasteiger partial charge in [-0.25, -0.2) is 0 Å². The van der Waals surface area contributed by atoms with Crippen molar-refractivity contribution in [1.29, 1.82) is 0 Å². The van der Waals surface area contributed by atoms with Gasteiger partial charge in [-0.3, -0.25) is 9.59 Å². The zero-order valence-electron chi connectivity index (χ0n) is 18.3. The Morgan fingerprint density at radius 2 is 1.83 bits per heavy atom. The smallest absolute Gasteiger partial charge is 0.290 e. The molecule has 160 valence electrons. The highest BCUT2D eigenvalue weighted by Gasteiger charge is 2.43. The van der Waals surface area contributed by atoms with Crippen molar-refractivity contribution in [3.63, 3.8) is 0 Å². The lowest BCUT2D eigenvalue weighted by molar-refractivity contribution is -0.129. The molecular weight excluding hydrogens is 368 g/mol. The number of benzene rings is 1. The largest absolute Gasteiger partial charge is 0.503 e. The van der Waals surface area contributed by atoms with Crippen molar-refractivity contribution in [3.05, 3.63) is 41.2 Å². The number of carbonyl (C=O) groups excluding carboxylic acids is 2. The highest BCUT2D eigenvalue weighted by atomic mass is 16.5. The lowest BCUT2D eigenvalue weighted by atomic mass is 9.92. The molecule has 0 spiro atoms. The van der Waals surface area contributed by atoms with Gasteiger partial charge >= 0.3 is 0 Å². The highest BCUT2D eigenvalue weighted by molar-refractivity contribution is 6.09. The van der Waals surface area contributed by atoms with Gasteiger partial charge in [-0.1, -0.05) is 26.0 Å². The summed E-state index contributed by atoms with van der Waals surface area (Å²) in [6.45, 7) is 10.8. The van der Waals surface area contributed by atoms with Crippen molar-refractivity contribution in [2.24, 2.45) is 5.92 Å². The third kappa shape index (κ3) is 5.18. The molecule has 0 saturated carbocycles. The van der Waals surface area contributed by atoms with Crippen LogP contribution in [0.5, 0.6) is 0 Å². The van der Waals surface area contributed by atoms with Crippen molar-refractivity contribution in [2.45, 2.75) is 46.6 Å². The first-order valence-electron chi connectivity index (χ1n) is 10.5. The Morgan fingerprint density at radius 3 is 2.34 bits per heavy atom. The van der Waals surface area contributed by atoms with E-state index in [0.717, 1.165) is 24.3 Å². The SMILES string of the molecule is CCN(CC)c1ccc(C2C(C(=O)CC(C)C)=C(O)C(=O)N2CCCOC)cc1. The zero-order chi connectivity index (χ0) is 21.6. The van der Waals surface area contributed by atoms with Crippen molar-refractivity contribution in [2.75, 3.05) is 38.3 Å². The fraction of sp³-hybridized carbons (Fsp3) is 0.565. The summed E-state index contributed by atoms with van der Waals surface area (Å²) < 4.78 is 5.11. The molecule has 0 bridgehead atoms. The number of rotatable bonds is 11. The molecule has 1 N–H and O–H groups in total. The van der Waals surface area contributed by atoms with Crippen molar-refractivity contribution in [3.8, 4) is 0 Å². The van der Waals surface area contributed by atoms with E-state index in [4.69, 9.17) is 4.74 Å². The van der Waals surface area contributed by atoms with Crippen LogP contribution in [0.15, 0.2) is 35.6 Å². The summed E-state index contributed by atoms with van der Waals surface area (Å²) in [5.74, 6) is -0.916. The van der Waals surface area contributed by atoms with E-state index in [9.17, 15) is 14.7 Å². The summed E-state index contributed by atoms with van der Waals surface area (Å²) in [6, 6.07) is 7.38. The molecular formula is C23H34N2O4. The van der Waals surface area contributed by atoms with E-state index in [1.165, 1.54) is 0 Å². The number of nitrogens with zero attached hydrogens (tertiary/aromatic N) is 2. The highest BCUT2D eigenvalue weighted by Crippen LogP contribution is 2.39. The van der Waals surface area contributed by atoms with E-state index in [0.29, 0.717) is 26.0 Å². The Bertz CT molecular complexity index is 736. The van der Waals surface area contributed by atoms with E-state index in [1.54, 1.807) is 12.0 Å². The van der Waals surface area contributed by atoms with Gasteiger partial charge in [-0.2, -0.15) is 0 Å². The molecule has 1 unspecified atom stereocenters. The summed E-state index contributed by atoms with van der Waals surface area (Å²) >= 11 is 0. The molecule has 1 atom stereocenters. The van der Waals surface area contributed by atoms with E-state index in [1.807, 2.05) is 38.1 Å². The summed E-state index contributed by atoms with van der Waals surface area (Å²) in [5, 5.41) is 10.5. The summed E-state index contributed by atoms with van der Waals surface area (Å²) in [6.07, 6.45) is 0.932. The fourth-order valence-electron chi connectivity index (χ4n) is 3.83. The standard InChI is InChI=1S/C23H34N2O4/c1-6-24(7-2)18-11-9-17(10-12-18)21-20(19(26)15-16(3)4)22(27)23(28)25(21)13-8-14-29-5/h9-12,16,21,27H,6-8,13-15H2,1-5H3. The number of carbonyl (C=O) groups is 2. The second-order valence-electron chi connectivity index (χ2n) is 7.79. The second kappa shape index (κ2) is 10.4. The van der Waals surface area contributed by atoms with E-state index in [2.05, 4.69) is 18.7 Å². The molecule has 0 saturated heterocycles. The van der Waals surface area contributed by atoms with Crippen molar-refractivity contribution in [1.82, 2.24) is 4.90 Å². The number of aliphatic hydroxyl groups is 1. The van der Waals surface area contributed by atoms with Gasteiger partial charge < -0.3 is 19.6 Å². The Labute approximate surface area is 174 Å². The Kier molecular flexibility index (Phi) is 8.26. The maximum absolute atomic E-state index is 12.9. The molecule has 0 radical (unpaired) electrons. The van der Waals surface area contributed by atoms with Gasteiger partial charge in [0.1, 0.15) is 0 Å². The molecule has 2 rings (SSSR count). The maximum Gasteiger partial charge on any atom is 0.290 e. The third-order valence-electron chi connectivity index (χ3n) is 5.28. The first-order valence-corrected chi connectivity index (χ1v) is 10.5. The van der Waals surface area contributed by atoms with E-state index < -0.39 is 17.7 Å². The average Bonchev–Trinajstić information content (AvgIpc) is 2.94. The summed E-state index contributed by atoms with van der Waals surface area (Å²) in [7, 11) is 1.61. The Hall–Kier alpha value is -2.34. The summed E-state index contributed by atoms with van der Waals surface area (Å²) in [5.41, 5.74) is 2.15. The number of anilines is 1. The van der Waals surface area contributed by atoms with E-state index in [-0.39, 0.29) is 17.3 Å². The van der Waals surface area contributed by atoms with Gasteiger partial charge in [0.15, 0.2) is 11.5 Å². The predicted molar refractivity (Wildman–Crippen MR) is 115 cm³/mol. The molecule has 1 amide bonds. The number of hydrogen-bond acceptors (Lipinski definition) is 5. The Morgan fingerprint density at radius 1 is 1.21 bits per heavy atom. The first-order chi connectivity index (χ1) is 13.8. The molecule has 0 fully saturated rings. The minimum atomic E-state index is -0.559. The van der Waals surface area contributed by atoms with E-state index >= 15 is 0 Å². The molecule has 1 aliphatic rings. The van der Waals surface area contributed by atoms with Crippen molar-refractivity contribution >= 4 is 17.4 Å². The zero-order valence-corrected chi connectivity index (χ0v) is 18.3. The Balaban J connectivity index is 2.41. The molecule has 6 nitrogen and oxygen atoms in total. The number of ketones is 1. The van der Waals surface area contributed by atoms with Gasteiger partial charge in [-0.15, -0.1) is 0 Å². The molecule has 1 aliphatic heterocycles. The topological polar surface area (TPSA) is 70.1 Å². The molecule has 29 heavy (non-hydrogen) atoms. The molecule has 1 heterocycles. The quantitative estimate of drug-likeness (QED) is 0.569. The molecule has 0 aromatic heterocycles. The molecule has 0 aliphatic carbocycles. The number of ether oxygens (including phenoxy) is 1. The molecule has 1 aromatic carbocycles. The van der Waals surface area contributed by atoms with Crippen LogP contribution in [-0.2, 0) is 14.3 Å². The lowest BCUT2D eigenvalue weighted by Crippen LogP contribution is -2.32. The summed E-state index contributed by atoms with van der Waals surface area (Å²) in [4.78, 5) is 29.5. The van der Waals surface area contributed by atoms with Crippen LogP contribution in [0.2, 0.25) is 0 Å². The van der Waals surface area contributed by atoms with Gasteiger partial charge in [0.25, 0.3) is 5.91 Å². The van der Waals surface area contributed by atoms with Crippen LogP contribution in [0.1, 0.15) is 52.1 Å². The van der Waals surface area contributed by atoms with Crippen molar-refractivity contribution < 1.29 is 19.4 Å². The number of aliphatic hydroxyl groups excluding tert-OH is 1. The molecule has 1 aromatic rings. The number of methoxy groups -OCH3 is 1. The minimum absolute atomic E-state index is 0.145. The minimum Gasteiger partial charge on any atom is -0.503 e. The van der Waals surface area contributed by atoms with Crippen LogP contribution in [-0.4, -0.2) is 55.0 Å². The van der Waals surface area contributed by atoms with Gasteiger partial charge in [-0.05, 0) is 43.9 Å². The number of amides is 1. The molecule has 6 heteroatoms. The van der Waals surface area contributed by atoms with Crippen LogP contribution in [0.3, 0.4) is 0 Å². The fourth-order valence-corrected chi connectivity index (χ4v) is 3.83. The third-order valence-corrected chi connectivity index (χ3v) is 5.28. The van der Waals surface area contributed by atoms with Gasteiger partial charge in [0.2, 0.25) is 0 Å². The van der Waals surface area contributed by atoms with Crippen LogP contribution < -0.4 is 4.90 Å². The van der Waals surface area contributed by atoms with Gasteiger partial charge in [0, 0.05) is 45.5 Å². The first kappa shape index (κ1) is 22.9. The maximum atomic E-state index is 12.9. The van der Waals surface area contributed by atoms with Crippen LogP contribution in [0.4, 0.5) is 5.69 Å². The predicted octanol–water partition coefficient (Wildman–Crippen LogP) is 3.88. The average molecular weight is 403 g/mol. The number of Topliss-reactive ketones (excluding diaryl/α,β-unsaturated/α-hetero) is 1. The normalized spacial score (nSPS) is 16.8. The van der Waals surface area contributed by atoms with Crippen LogP contribution in [0.25, 0.3) is 0 Å². The lowest BCUT2D eigenvalue weighted by Gasteiger charge is -2.28. The van der Waals surface area contributed by atoms with Crippen LogP contribution >= 0.6 is 0 Å². The van der Waals surface area contributed by atoms with Crippen LogP contribution in [0, 0.1) is 5.92 Å². The monoisotopic (exact) mass is 402 g/mol.